The van der Waals surface area contributed by atoms with Gasteiger partial charge in [-0.15, -0.1) is 5.10 Å². The van der Waals surface area contributed by atoms with Crippen LogP contribution >= 0.6 is 0 Å². The van der Waals surface area contributed by atoms with E-state index in [1.54, 1.807) is 7.11 Å². The third-order valence-corrected chi connectivity index (χ3v) is 4.49. The Hall–Kier alpha value is -2.11. The first-order valence-corrected chi connectivity index (χ1v) is 7.25. The fourth-order valence-corrected chi connectivity index (χ4v) is 3.29. The first kappa shape index (κ1) is 13.9. The maximum Gasteiger partial charge on any atom is 0.188 e. The van der Waals surface area contributed by atoms with E-state index in [4.69, 9.17) is 10.5 Å². The van der Waals surface area contributed by atoms with Gasteiger partial charge in [0, 0.05) is 5.69 Å². The van der Waals surface area contributed by atoms with Gasteiger partial charge < -0.3 is 10.5 Å². The van der Waals surface area contributed by atoms with E-state index in [-0.39, 0.29) is 11.5 Å². The highest BCUT2D eigenvalue weighted by Crippen LogP contribution is 2.47. The number of aromatic nitrogens is 4. The molecule has 1 aromatic heterocycles. The van der Waals surface area contributed by atoms with Crippen LogP contribution in [0.4, 0.5) is 5.69 Å². The van der Waals surface area contributed by atoms with Crippen molar-refractivity contribution in [3.05, 3.63) is 18.2 Å². The summed E-state index contributed by atoms with van der Waals surface area (Å²) in [5.41, 5.74) is 7.71. The predicted molar refractivity (Wildman–Crippen MR) is 80.9 cm³/mol. The molecule has 0 aliphatic heterocycles. The quantitative estimate of drug-likeness (QED) is 0.878. The van der Waals surface area contributed by atoms with Gasteiger partial charge in [0.15, 0.2) is 5.82 Å². The first-order valence-electron chi connectivity index (χ1n) is 7.25. The number of anilines is 1. The summed E-state index contributed by atoms with van der Waals surface area (Å²) in [7, 11) is 1.63. The van der Waals surface area contributed by atoms with Crippen molar-refractivity contribution in [2.45, 2.75) is 39.2 Å². The number of tetrazole rings is 1. The lowest BCUT2D eigenvalue weighted by molar-refractivity contribution is 0.242. The van der Waals surface area contributed by atoms with Gasteiger partial charge >= 0.3 is 0 Å². The molecule has 2 aromatic rings. The third-order valence-electron chi connectivity index (χ3n) is 4.49. The molecule has 0 radical (unpaired) electrons. The molecule has 0 amide bonds. The molecule has 21 heavy (non-hydrogen) atoms. The summed E-state index contributed by atoms with van der Waals surface area (Å²) in [5, 5.41) is 12.3. The molecule has 6 heteroatoms. The Balaban J connectivity index is 2.12. The van der Waals surface area contributed by atoms with Crippen LogP contribution in [-0.4, -0.2) is 27.3 Å². The fraction of sp³-hybridized carbons (Fsp3) is 0.533. The average Bonchev–Trinajstić information content (AvgIpc) is 3.03. The molecule has 2 N–H and O–H groups in total. The van der Waals surface area contributed by atoms with Crippen molar-refractivity contribution in [3.8, 4) is 17.1 Å². The van der Waals surface area contributed by atoms with E-state index in [1.165, 1.54) is 12.8 Å². The summed E-state index contributed by atoms with van der Waals surface area (Å²) in [6.45, 7) is 4.53. The number of rotatable bonds is 3. The summed E-state index contributed by atoms with van der Waals surface area (Å²) in [4.78, 5) is 0. The smallest absolute Gasteiger partial charge is 0.188 e. The van der Waals surface area contributed by atoms with Crippen molar-refractivity contribution in [1.82, 2.24) is 20.2 Å². The molecule has 1 unspecified atom stereocenters. The van der Waals surface area contributed by atoms with Crippen molar-refractivity contribution >= 4 is 5.69 Å². The van der Waals surface area contributed by atoms with Crippen molar-refractivity contribution in [3.63, 3.8) is 0 Å². The number of nitrogens with zero attached hydrogens (tertiary/aromatic N) is 4. The average molecular weight is 287 g/mol. The van der Waals surface area contributed by atoms with E-state index in [0.717, 1.165) is 12.0 Å². The molecule has 1 aromatic carbocycles. The van der Waals surface area contributed by atoms with Crippen molar-refractivity contribution in [2.75, 3.05) is 12.8 Å². The minimum absolute atomic E-state index is 0.181. The highest BCUT2D eigenvalue weighted by Gasteiger charge is 2.38. The Kier molecular flexibility index (Phi) is 3.31. The predicted octanol–water partition coefficient (Wildman–Crippen LogP) is 2.68. The molecular weight excluding hydrogens is 266 g/mol. The molecule has 112 valence electrons. The van der Waals surface area contributed by atoms with E-state index in [0.29, 0.717) is 17.3 Å². The molecular formula is C15H21N5O. The molecule has 3 rings (SSSR count). The highest BCUT2D eigenvalue weighted by atomic mass is 16.5. The molecule has 1 fully saturated rings. The van der Waals surface area contributed by atoms with Gasteiger partial charge in [0.2, 0.25) is 0 Å². The van der Waals surface area contributed by atoms with Gasteiger partial charge in [-0.1, -0.05) is 26.3 Å². The second-order valence-electron chi connectivity index (χ2n) is 6.27. The van der Waals surface area contributed by atoms with Crippen LogP contribution in [0.15, 0.2) is 18.2 Å². The maximum absolute atomic E-state index is 6.13. The van der Waals surface area contributed by atoms with Crippen LogP contribution in [-0.2, 0) is 0 Å². The number of benzene rings is 1. The summed E-state index contributed by atoms with van der Waals surface area (Å²) >= 11 is 0. The second kappa shape index (κ2) is 5.02. The lowest BCUT2D eigenvalue weighted by Crippen LogP contribution is -2.23. The maximum atomic E-state index is 6.13. The van der Waals surface area contributed by atoms with Crippen LogP contribution in [0.25, 0.3) is 11.4 Å². The Morgan fingerprint density at radius 1 is 1.38 bits per heavy atom. The molecule has 0 bridgehead atoms. The molecule has 1 aliphatic carbocycles. The number of methoxy groups -OCH3 is 1. The molecule has 1 aliphatic rings. The minimum atomic E-state index is 0.181. The van der Waals surface area contributed by atoms with E-state index in [9.17, 15) is 0 Å². The SMILES string of the molecule is COc1cccc(N)c1-c1nnnn1C1CCCC1(C)C. The molecule has 0 saturated heterocycles. The number of hydrogen-bond donors (Lipinski definition) is 1. The number of ether oxygens (including phenoxy) is 1. The Morgan fingerprint density at radius 2 is 2.19 bits per heavy atom. The Labute approximate surface area is 124 Å². The van der Waals surface area contributed by atoms with Crippen molar-refractivity contribution < 1.29 is 4.74 Å². The van der Waals surface area contributed by atoms with Crippen LogP contribution in [0.1, 0.15) is 39.2 Å². The van der Waals surface area contributed by atoms with Gasteiger partial charge in [-0.3, -0.25) is 0 Å². The van der Waals surface area contributed by atoms with Crippen LogP contribution in [0.3, 0.4) is 0 Å². The van der Waals surface area contributed by atoms with Gasteiger partial charge in [-0.05, 0) is 40.8 Å². The molecule has 1 heterocycles. The number of hydrogen-bond acceptors (Lipinski definition) is 5. The van der Waals surface area contributed by atoms with Gasteiger partial charge in [0.25, 0.3) is 0 Å². The zero-order valence-corrected chi connectivity index (χ0v) is 12.7. The largest absolute Gasteiger partial charge is 0.496 e. The van der Waals surface area contributed by atoms with E-state index in [2.05, 4.69) is 29.4 Å². The summed E-state index contributed by atoms with van der Waals surface area (Å²) < 4.78 is 7.35. The summed E-state index contributed by atoms with van der Waals surface area (Å²) in [5.74, 6) is 1.38. The molecule has 0 spiro atoms. The topological polar surface area (TPSA) is 78.8 Å². The van der Waals surface area contributed by atoms with E-state index in [1.807, 2.05) is 22.9 Å². The Bertz CT molecular complexity index is 649. The van der Waals surface area contributed by atoms with Crippen LogP contribution in [0, 0.1) is 5.41 Å². The summed E-state index contributed by atoms with van der Waals surface area (Å²) in [6, 6.07) is 5.87. The van der Waals surface area contributed by atoms with E-state index < -0.39 is 0 Å². The third kappa shape index (κ3) is 2.24. The van der Waals surface area contributed by atoms with E-state index >= 15 is 0 Å². The van der Waals surface area contributed by atoms with Gasteiger partial charge in [-0.25, -0.2) is 4.68 Å². The van der Waals surface area contributed by atoms with Crippen molar-refractivity contribution in [2.24, 2.45) is 5.41 Å². The lowest BCUT2D eigenvalue weighted by atomic mass is 9.87. The van der Waals surface area contributed by atoms with Crippen LogP contribution < -0.4 is 10.5 Å². The van der Waals surface area contributed by atoms with Gasteiger partial charge in [0.1, 0.15) is 5.75 Å². The monoisotopic (exact) mass is 287 g/mol. The standard InChI is InChI=1S/C15H21N5O/c1-15(2)9-5-8-12(15)20-14(17-18-19-20)13-10(16)6-4-7-11(13)21-3/h4,6-7,12H,5,8-9,16H2,1-3H3. The van der Waals surface area contributed by atoms with Gasteiger partial charge in [0.05, 0.1) is 18.7 Å². The lowest BCUT2D eigenvalue weighted by Gasteiger charge is -2.27. The second-order valence-corrected chi connectivity index (χ2v) is 6.27. The van der Waals surface area contributed by atoms with Crippen molar-refractivity contribution in [1.29, 1.82) is 0 Å². The van der Waals surface area contributed by atoms with Crippen LogP contribution in [0.5, 0.6) is 5.75 Å². The molecule has 6 nitrogen and oxygen atoms in total. The first-order chi connectivity index (χ1) is 10.0. The van der Waals surface area contributed by atoms with Crippen LogP contribution in [0.2, 0.25) is 0 Å². The zero-order chi connectivity index (χ0) is 15.0. The zero-order valence-electron chi connectivity index (χ0n) is 12.7. The minimum Gasteiger partial charge on any atom is -0.496 e. The fourth-order valence-electron chi connectivity index (χ4n) is 3.29. The highest BCUT2D eigenvalue weighted by molar-refractivity contribution is 5.77. The molecule has 1 saturated carbocycles. The number of nitrogens with two attached hydrogens (primary N) is 1. The normalized spacial score (nSPS) is 20.6. The van der Waals surface area contributed by atoms with Gasteiger partial charge in [-0.2, -0.15) is 0 Å². The number of nitrogen functional groups attached to an aromatic ring is 1. The molecule has 1 atom stereocenters. The summed E-state index contributed by atoms with van der Waals surface area (Å²) in [6.07, 6.45) is 3.46. The Morgan fingerprint density at radius 3 is 2.86 bits per heavy atom.